The first-order valence-electron chi connectivity index (χ1n) is 12.2. The van der Waals surface area contributed by atoms with Gasteiger partial charge >= 0.3 is 12.1 Å². The number of aliphatic carboxylic acids is 1. The minimum Gasteiger partial charge on any atom is -0.481 e. The molecular weight excluding hydrogens is 448 g/mol. The third-order valence-electron chi connectivity index (χ3n) is 6.88. The number of hydrogen-bond acceptors (Lipinski definition) is 5. The van der Waals surface area contributed by atoms with Crippen molar-refractivity contribution in [1.29, 1.82) is 0 Å². The van der Waals surface area contributed by atoms with E-state index in [-0.39, 0.29) is 44.1 Å². The first-order chi connectivity index (χ1) is 17.0. The predicted molar refractivity (Wildman–Crippen MR) is 130 cm³/mol. The van der Waals surface area contributed by atoms with E-state index in [4.69, 9.17) is 14.6 Å². The van der Waals surface area contributed by atoms with Crippen molar-refractivity contribution in [3.8, 4) is 11.1 Å². The highest BCUT2D eigenvalue weighted by Crippen LogP contribution is 2.44. The number of amides is 2. The lowest BCUT2D eigenvalue weighted by Gasteiger charge is -2.26. The zero-order valence-corrected chi connectivity index (χ0v) is 19.7. The molecule has 8 nitrogen and oxygen atoms in total. The van der Waals surface area contributed by atoms with Crippen LogP contribution in [0.25, 0.3) is 11.1 Å². The molecule has 0 aliphatic heterocycles. The Bertz CT molecular complexity index is 1000. The molecule has 186 valence electrons. The van der Waals surface area contributed by atoms with Gasteiger partial charge in [0.05, 0.1) is 12.5 Å². The van der Waals surface area contributed by atoms with E-state index in [2.05, 4.69) is 34.9 Å². The van der Waals surface area contributed by atoms with Crippen LogP contribution in [-0.2, 0) is 19.1 Å². The molecule has 1 saturated carbocycles. The van der Waals surface area contributed by atoms with Gasteiger partial charge in [-0.1, -0.05) is 48.5 Å². The fourth-order valence-electron chi connectivity index (χ4n) is 4.96. The van der Waals surface area contributed by atoms with Crippen LogP contribution in [0, 0.1) is 11.8 Å². The Kier molecular flexibility index (Phi) is 8.36. The van der Waals surface area contributed by atoms with E-state index in [1.54, 1.807) is 0 Å². The van der Waals surface area contributed by atoms with Crippen molar-refractivity contribution < 1.29 is 29.0 Å². The molecular formula is C27H32N2O6. The molecule has 2 aliphatic carbocycles. The van der Waals surface area contributed by atoms with Crippen molar-refractivity contribution in [3.05, 3.63) is 59.7 Å². The number of ether oxygens (including phenoxy) is 2. The van der Waals surface area contributed by atoms with E-state index in [0.717, 1.165) is 24.0 Å². The minimum absolute atomic E-state index is 0.00673. The second kappa shape index (κ2) is 11.8. The Morgan fingerprint density at radius 3 is 2.14 bits per heavy atom. The maximum Gasteiger partial charge on any atom is 0.407 e. The lowest BCUT2D eigenvalue weighted by Crippen LogP contribution is -2.35. The Balaban J connectivity index is 1.09. The molecule has 0 heterocycles. The standard InChI is InChI=1S/C27H32N2O6/c30-25(29-15-18-9-11-19(12-10-18)26(31)32)17-34-14-13-28-27(33)35-16-24-22-7-3-1-5-20(22)21-6-2-4-8-23(21)24/h1-8,18-19,24H,9-17H2,(H,28,33)(H,29,30)(H,31,32). The Morgan fingerprint density at radius 1 is 0.886 bits per heavy atom. The summed E-state index contributed by atoms with van der Waals surface area (Å²) in [7, 11) is 0. The molecule has 0 unspecified atom stereocenters. The maximum absolute atomic E-state index is 12.2. The van der Waals surface area contributed by atoms with Gasteiger partial charge in [-0.25, -0.2) is 4.79 Å². The molecule has 0 atom stereocenters. The second-order valence-corrected chi connectivity index (χ2v) is 9.16. The van der Waals surface area contributed by atoms with E-state index in [9.17, 15) is 14.4 Å². The van der Waals surface area contributed by atoms with Crippen molar-refractivity contribution in [2.75, 3.05) is 32.9 Å². The second-order valence-electron chi connectivity index (χ2n) is 9.16. The Labute approximate surface area is 205 Å². The largest absolute Gasteiger partial charge is 0.481 e. The van der Waals surface area contributed by atoms with Crippen molar-refractivity contribution in [2.24, 2.45) is 11.8 Å². The summed E-state index contributed by atoms with van der Waals surface area (Å²) >= 11 is 0. The lowest BCUT2D eigenvalue weighted by atomic mass is 9.82. The summed E-state index contributed by atoms with van der Waals surface area (Å²) in [6, 6.07) is 16.3. The quantitative estimate of drug-likeness (QED) is 0.448. The molecule has 0 bridgehead atoms. The Morgan fingerprint density at radius 2 is 1.51 bits per heavy atom. The van der Waals surface area contributed by atoms with E-state index < -0.39 is 12.1 Å². The number of benzene rings is 2. The zero-order valence-electron chi connectivity index (χ0n) is 19.7. The van der Waals surface area contributed by atoms with Crippen LogP contribution in [-0.4, -0.2) is 56.0 Å². The van der Waals surface area contributed by atoms with E-state index in [0.29, 0.717) is 25.3 Å². The first-order valence-corrected chi connectivity index (χ1v) is 12.2. The van der Waals surface area contributed by atoms with Gasteiger partial charge in [-0.05, 0) is 53.9 Å². The molecule has 35 heavy (non-hydrogen) atoms. The van der Waals surface area contributed by atoms with Gasteiger partial charge in [-0.2, -0.15) is 0 Å². The summed E-state index contributed by atoms with van der Waals surface area (Å²) in [6.07, 6.45) is 2.42. The molecule has 0 radical (unpaired) electrons. The van der Waals surface area contributed by atoms with Crippen LogP contribution in [0.2, 0.25) is 0 Å². The lowest BCUT2D eigenvalue weighted by molar-refractivity contribution is -0.143. The number of carbonyl (C=O) groups is 3. The van der Waals surface area contributed by atoms with Crippen LogP contribution in [0.15, 0.2) is 48.5 Å². The van der Waals surface area contributed by atoms with Crippen LogP contribution >= 0.6 is 0 Å². The predicted octanol–water partition coefficient (Wildman–Crippen LogP) is 3.55. The highest BCUT2D eigenvalue weighted by atomic mass is 16.5. The summed E-state index contributed by atoms with van der Waals surface area (Å²) in [5.41, 5.74) is 4.67. The van der Waals surface area contributed by atoms with Gasteiger partial charge in [0.2, 0.25) is 5.91 Å². The van der Waals surface area contributed by atoms with Gasteiger partial charge in [0, 0.05) is 19.0 Å². The van der Waals surface area contributed by atoms with Crippen LogP contribution < -0.4 is 10.6 Å². The SMILES string of the molecule is O=C(COCCNC(=O)OCC1c2ccccc2-c2ccccc21)NCC1CCC(C(=O)O)CC1. The molecule has 3 N–H and O–H groups in total. The first kappa shape index (κ1) is 24.7. The number of carboxylic acids is 1. The average Bonchev–Trinajstić information content (AvgIpc) is 3.20. The smallest absolute Gasteiger partial charge is 0.407 e. The topological polar surface area (TPSA) is 114 Å². The third-order valence-corrected chi connectivity index (χ3v) is 6.88. The summed E-state index contributed by atoms with van der Waals surface area (Å²) in [5, 5.41) is 14.5. The van der Waals surface area contributed by atoms with Crippen molar-refractivity contribution in [3.63, 3.8) is 0 Å². The zero-order chi connectivity index (χ0) is 24.6. The van der Waals surface area contributed by atoms with Gasteiger partial charge in [-0.3, -0.25) is 9.59 Å². The molecule has 2 aromatic carbocycles. The number of alkyl carbamates (subject to hydrolysis) is 1. The van der Waals surface area contributed by atoms with Crippen LogP contribution in [0.5, 0.6) is 0 Å². The average molecular weight is 481 g/mol. The van der Waals surface area contributed by atoms with Crippen molar-refractivity contribution in [1.82, 2.24) is 10.6 Å². The summed E-state index contributed by atoms with van der Waals surface area (Å²) in [4.78, 5) is 35.1. The fourth-order valence-corrected chi connectivity index (χ4v) is 4.96. The van der Waals surface area contributed by atoms with Gasteiger partial charge in [0.15, 0.2) is 0 Å². The summed E-state index contributed by atoms with van der Waals surface area (Å²) in [6.45, 7) is 1.13. The maximum atomic E-state index is 12.2. The minimum atomic E-state index is -0.729. The van der Waals surface area contributed by atoms with E-state index >= 15 is 0 Å². The third kappa shape index (κ3) is 6.39. The van der Waals surface area contributed by atoms with Gasteiger partial charge in [0.1, 0.15) is 13.2 Å². The fraction of sp³-hybridized carbons (Fsp3) is 0.444. The molecule has 1 fully saturated rings. The Hall–Kier alpha value is -3.39. The number of hydrogen-bond donors (Lipinski definition) is 3. The van der Waals surface area contributed by atoms with E-state index in [1.165, 1.54) is 11.1 Å². The molecule has 0 saturated heterocycles. The molecule has 4 rings (SSSR count). The monoisotopic (exact) mass is 480 g/mol. The van der Waals surface area contributed by atoms with Gasteiger partial charge < -0.3 is 25.2 Å². The molecule has 2 amide bonds. The molecule has 2 aromatic rings. The normalized spacial score (nSPS) is 18.9. The van der Waals surface area contributed by atoms with Crippen LogP contribution in [0.4, 0.5) is 4.79 Å². The summed E-state index contributed by atoms with van der Waals surface area (Å²) < 4.78 is 10.8. The van der Waals surface area contributed by atoms with Crippen molar-refractivity contribution in [2.45, 2.75) is 31.6 Å². The number of fused-ring (bicyclic) bond motifs is 3. The van der Waals surface area contributed by atoms with Crippen molar-refractivity contribution >= 4 is 18.0 Å². The summed E-state index contributed by atoms with van der Waals surface area (Å²) in [5.74, 6) is -0.884. The number of carbonyl (C=O) groups excluding carboxylic acids is 2. The van der Waals surface area contributed by atoms with Gasteiger partial charge in [0.25, 0.3) is 0 Å². The molecule has 0 aromatic heterocycles. The highest BCUT2D eigenvalue weighted by molar-refractivity contribution is 5.79. The number of carboxylic acid groups (broad SMARTS) is 1. The van der Waals surface area contributed by atoms with E-state index in [1.807, 2.05) is 24.3 Å². The molecule has 8 heteroatoms. The van der Waals surface area contributed by atoms with Crippen LogP contribution in [0.1, 0.15) is 42.7 Å². The van der Waals surface area contributed by atoms with Crippen LogP contribution in [0.3, 0.4) is 0 Å². The highest BCUT2D eigenvalue weighted by Gasteiger charge is 2.29. The number of rotatable bonds is 10. The number of nitrogens with one attached hydrogen (secondary N) is 2. The molecule has 2 aliphatic rings. The van der Waals surface area contributed by atoms with Gasteiger partial charge in [-0.15, -0.1) is 0 Å². The molecule has 0 spiro atoms.